The van der Waals surface area contributed by atoms with Crippen LogP contribution in [0.1, 0.15) is 206 Å². The first-order chi connectivity index (χ1) is 16.8. The molecule has 0 bridgehead atoms. The Kier molecular flexibility index (Phi) is 31.0. The van der Waals surface area contributed by atoms with Gasteiger partial charge in [0, 0.05) is 0 Å². The molecule has 0 aromatic rings. The first kappa shape index (κ1) is 34.0. The molecule has 0 fully saturated rings. The van der Waals surface area contributed by atoms with Gasteiger partial charge in [0.1, 0.15) is 0 Å². The SMILES string of the molecule is [CH2]C(CCCCCCCCCCCCCC)CCCCCCCCCCCCCCCCCC. The quantitative estimate of drug-likeness (QED) is 0.0902. The van der Waals surface area contributed by atoms with Crippen molar-refractivity contribution in [1.82, 2.24) is 0 Å². The molecule has 0 spiro atoms. The van der Waals surface area contributed by atoms with Gasteiger partial charge < -0.3 is 0 Å². The monoisotopic (exact) mass is 478 g/mol. The van der Waals surface area contributed by atoms with Gasteiger partial charge in [0.2, 0.25) is 0 Å². The van der Waals surface area contributed by atoms with Crippen LogP contribution in [0.2, 0.25) is 0 Å². The minimum atomic E-state index is 0.717. The summed E-state index contributed by atoms with van der Waals surface area (Å²) in [7, 11) is 0. The van der Waals surface area contributed by atoms with Crippen molar-refractivity contribution in [2.24, 2.45) is 5.92 Å². The maximum atomic E-state index is 4.43. The van der Waals surface area contributed by atoms with E-state index in [0.29, 0.717) is 0 Å². The van der Waals surface area contributed by atoms with Crippen molar-refractivity contribution in [2.45, 2.75) is 206 Å². The second-order valence-corrected chi connectivity index (χ2v) is 11.6. The van der Waals surface area contributed by atoms with Crippen LogP contribution >= 0.6 is 0 Å². The van der Waals surface area contributed by atoms with Crippen molar-refractivity contribution < 1.29 is 0 Å². The molecule has 205 valence electrons. The molecule has 0 aromatic heterocycles. The Morgan fingerprint density at radius 2 is 0.471 bits per heavy atom. The van der Waals surface area contributed by atoms with Crippen LogP contribution in [0, 0.1) is 12.8 Å². The molecular formula is C34H69. The zero-order valence-electron chi connectivity index (χ0n) is 24.5. The second kappa shape index (κ2) is 31.0. The molecule has 0 aliphatic rings. The smallest absolute Gasteiger partial charge is 0.0414 e. The Morgan fingerprint density at radius 3 is 0.676 bits per heavy atom. The highest BCUT2D eigenvalue weighted by Crippen LogP contribution is 2.19. The minimum Gasteiger partial charge on any atom is -0.0654 e. The zero-order chi connectivity index (χ0) is 24.8. The lowest BCUT2D eigenvalue weighted by molar-refractivity contribution is 0.459. The Labute approximate surface area is 219 Å². The first-order valence-electron chi connectivity index (χ1n) is 16.6. The summed E-state index contributed by atoms with van der Waals surface area (Å²) in [6.45, 7) is 9.04. The molecule has 34 heavy (non-hydrogen) atoms. The largest absolute Gasteiger partial charge is 0.0654 e. The Morgan fingerprint density at radius 1 is 0.294 bits per heavy atom. The molecule has 0 N–H and O–H groups in total. The summed E-state index contributed by atoms with van der Waals surface area (Å²) in [6, 6.07) is 0. The summed E-state index contributed by atoms with van der Waals surface area (Å²) in [5, 5.41) is 0. The fourth-order valence-electron chi connectivity index (χ4n) is 5.40. The lowest BCUT2D eigenvalue weighted by atomic mass is 9.95. The maximum Gasteiger partial charge on any atom is -0.0414 e. The fourth-order valence-corrected chi connectivity index (χ4v) is 5.40. The molecule has 0 rings (SSSR count). The van der Waals surface area contributed by atoms with Crippen LogP contribution in [-0.2, 0) is 0 Å². The van der Waals surface area contributed by atoms with Gasteiger partial charge >= 0.3 is 0 Å². The highest BCUT2D eigenvalue weighted by molar-refractivity contribution is 4.62. The molecular weight excluding hydrogens is 408 g/mol. The average molecular weight is 478 g/mol. The lowest BCUT2D eigenvalue weighted by Gasteiger charge is -2.11. The summed E-state index contributed by atoms with van der Waals surface area (Å²) in [5.74, 6) is 0.717. The van der Waals surface area contributed by atoms with E-state index in [-0.39, 0.29) is 0 Å². The number of unbranched alkanes of at least 4 members (excludes halogenated alkanes) is 26. The van der Waals surface area contributed by atoms with E-state index in [9.17, 15) is 0 Å². The fraction of sp³-hybridized carbons (Fsp3) is 0.971. The molecule has 1 radical (unpaired) electrons. The van der Waals surface area contributed by atoms with Crippen LogP contribution < -0.4 is 0 Å². The van der Waals surface area contributed by atoms with Crippen LogP contribution in [0.5, 0.6) is 0 Å². The minimum absolute atomic E-state index is 0.717. The van der Waals surface area contributed by atoms with Crippen LogP contribution in [-0.4, -0.2) is 0 Å². The normalized spacial score (nSPS) is 12.4. The highest BCUT2D eigenvalue weighted by atomic mass is 14.1. The van der Waals surface area contributed by atoms with Gasteiger partial charge in [-0.15, -0.1) is 0 Å². The van der Waals surface area contributed by atoms with Crippen molar-refractivity contribution >= 4 is 0 Å². The molecule has 0 heteroatoms. The summed E-state index contributed by atoms with van der Waals surface area (Å²) >= 11 is 0. The Bertz CT molecular complexity index is 333. The molecule has 1 unspecified atom stereocenters. The van der Waals surface area contributed by atoms with E-state index < -0.39 is 0 Å². The number of hydrogen-bond acceptors (Lipinski definition) is 0. The van der Waals surface area contributed by atoms with E-state index in [0.717, 1.165) is 5.92 Å². The van der Waals surface area contributed by atoms with Gasteiger partial charge in [-0.25, -0.2) is 0 Å². The zero-order valence-corrected chi connectivity index (χ0v) is 24.5. The standard InChI is InChI=1S/C34H69/c1-4-6-8-10-12-14-16-18-19-20-21-23-25-27-29-31-33-34(3)32-30-28-26-24-22-17-15-13-11-9-7-5-2/h34H,3-33H2,1-2H3. The molecule has 0 aliphatic carbocycles. The van der Waals surface area contributed by atoms with E-state index in [1.165, 1.54) is 193 Å². The van der Waals surface area contributed by atoms with Gasteiger partial charge in [-0.2, -0.15) is 0 Å². The van der Waals surface area contributed by atoms with Gasteiger partial charge in [-0.3, -0.25) is 0 Å². The molecule has 0 saturated heterocycles. The molecule has 0 nitrogen and oxygen atoms in total. The molecule has 1 atom stereocenters. The van der Waals surface area contributed by atoms with Crippen molar-refractivity contribution in [3.05, 3.63) is 6.92 Å². The van der Waals surface area contributed by atoms with Crippen molar-refractivity contribution in [3.63, 3.8) is 0 Å². The second-order valence-electron chi connectivity index (χ2n) is 11.6. The molecule has 0 saturated carbocycles. The van der Waals surface area contributed by atoms with Gasteiger partial charge in [0.25, 0.3) is 0 Å². The van der Waals surface area contributed by atoms with Crippen LogP contribution in [0.3, 0.4) is 0 Å². The molecule has 0 aliphatic heterocycles. The van der Waals surface area contributed by atoms with Gasteiger partial charge in [0.15, 0.2) is 0 Å². The third-order valence-electron chi connectivity index (χ3n) is 7.93. The third kappa shape index (κ3) is 30.0. The van der Waals surface area contributed by atoms with Gasteiger partial charge in [0.05, 0.1) is 0 Å². The third-order valence-corrected chi connectivity index (χ3v) is 7.93. The summed E-state index contributed by atoms with van der Waals surface area (Å²) in [6.07, 6.45) is 43.6. The highest BCUT2D eigenvalue weighted by Gasteiger charge is 2.02. The Balaban J connectivity index is 3.13. The number of rotatable bonds is 30. The van der Waals surface area contributed by atoms with Crippen molar-refractivity contribution in [2.75, 3.05) is 0 Å². The molecule has 0 heterocycles. The predicted molar refractivity (Wildman–Crippen MR) is 159 cm³/mol. The van der Waals surface area contributed by atoms with E-state index >= 15 is 0 Å². The van der Waals surface area contributed by atoms with Gasteiger partial charge in [-0.05, 0) is 5.92 Å². The number of hydrogen-bond donors (Lipinski definition) is 0. The average Bonchev–Trinajstić information content (AvgIpc) is 2.84. The van der Waals surface area contributed by atoms with E-state index in [4.69, 9.17) is 0 Å². The first-order valence-corrected chi connectivity index (χ1v) is 16.6. The van der Waals surface area contributed by atoms with Crippen LogP contribution in [0.15, 0.2) is 0 Å². The summed E-state index contributed by atoms with van der Waals surface area (Å²) < 4.78 is 0. The van der Waals surface area contributed by atoms with E-state index in [1.807, 2.05) is 0 Å². The van der Waals surface area contributed by atoms with E-state index in [1.54, 1.807) is 0 Å². The van der Waals surface area contributed by atoms with Crippen molar-refractivity contribution in [3.8, 4) is 0 Å². The summed E-state index contributed by atoms with van der Waals surface area (Å²) in [5.41, 5.74) is 0. The predicted octanol–water partition coefficient (Wildman–Crippen LogP) is 13.2. The van der Waals surface area contributed by atoms with Crippen LogP contribution in [0.4, 0.5) is 0 Å². The Hall–Kier alpha value is 0. The molecule has 0 amide bonds. The topological polar surface area (TPSA) is 0 Å². The van der Waals surface area contributed by atoms with Gasteiger partial charge in [-0.1, -0.05) is 213 Å². The lowest BCUT2D eigenvalue weighted by Crippen LogP contribution is -1.95. The van der Waals surface area contributed by atoms with Crippen molar-refractivity contribution in [1.29, 1.82) is 0 Å². The molecule has 0 aromatic carbocycles. The van der Waals surface area contributed by atoms with E-state index in [2.05, 4.69) is 20.8 Å². The maximum absolute atomic E-state index is 4.43. The van der Waals surface area contributed by atoms with Crippen LogP contribution in [0.25, 0.3) is 0 Å². The summed E-state index contributed by atoms with van der Waals surface area (Å²) in [4.78, 5) is 0.